The zero-order chi connectivity index (χ0) is 19.2. The van der Waals surface area contributed by atoms with Gasteiger partial charge in [-0.25, -0.2) is 0 Å². The van der Waals surface area contributed by atoms with Crippen LogP contribution in [0.4, 0.5) is 5.69 Å². The third-order valence-corrected chi connectivity index (χ3v) is 4.68. The maximum absolute atomic E-state index is 12.5. The lowest BCUT2D eigenvalue weighted by molar-refractivity contribution is -0.122. The summed E-state index contributed by atoms with van der Waals surface area (Å²) in [5.41, 5.74) is 1.36. The zero-order valence-corrected chi connectivity index (χ0v) is 16.2. The van der Waals surface area contributed by atoms with Crippen molar-refractivity contribution in [3.63, 3.8) is 0 Å². The highest BCUT2D eigenvalue weighted by Crippen LogP contribution is 2.25. The Morgan fingerprint density at radius 2 is 1.85 bits per heavy atom. The summed E-state index contributed by atoms with van der Waals surface area (Å²) < 4.78 is 7.43. The van der Waals surface area contributed by atoms with Crippen molar-refractivity contribution in [2.24, 2.45) is 0 Å². The quantitative estimate of drug-likeness (QED) is 0.601. The lowest BCUT2D eigenvalue weighted by atomic mass is 10.2. The number of nitrogens with zero attached hydrogens (tertiary/aromatic N) is 2. The zero-order valence-electron chi connectivity index (χ0n) is 14.7. The summed E-state index contributed by atoms with van der Waals surface area (Å²) in [7, 11) is 0. The number of carbonyl (C=O) groups excluding carboxylic acids is 1. The molecule has 0 aliphatic rings. The number of anilines is 1. The molecule has 2 aromatic carbocycles. The van der Waals surface area contributed by atoms with Gasteiger partial charge in [0.1, 0.15) is 5.75 Å². The van der Waals surface area contributed by atoms with Crippen molar-refractivity contribution in [2.45, 2.75) is 26.0 Å². The molecular formula is C20H19Cl2N3O2. The number of para-hydroxylation sites is 1. The van der Waals surface area contributed by atoms with E-state index in [9.17, 15) is 4.79 Å². The number of hydrogen-bond donors (Lipinski definition) is 1. The summed E-state index contributed by atoms with van der Waals surface area (Å²) in [4.78, 5) is 12.5. The number of hydrogen-bond acceptors (Lipinski definition) is 3. The lowest BCUT2D eigenvalue weighted by Crippen LogP contribution is -2.32. The fraction of sp³-hybridized carbons (Fsp3) is 0.200. The van der Waals surface area contributed by atoms with Crippen molar-refractivity contribution in [1.82, 2.24) is 9.78 Å². The van der Waals surface area contributed by atoms with E-state index in [0.29, 0.717) is 34.4 Å². The van der Waals surface area contributed by atoms with Gasteiger partial charge in [-0.1, -0.05) is 54.4 Å². The Labute approximate surface area is 167 Å². The number of aromatic nitrogens is 2. The van der Waals surface area contributed by atoms with Crippen LogP contribution in [-0.4, -0.2) is 21.8 Å². The largest absolute Gasteiger partial charge is 0.481 e. The number of carbonyl (C=O) groups is 1. The molecule has 0 aliphatic carbocycles. The van der Waals surface area contributed by atoms with E-state index in [2.05, 4.69) is 10.4 Å². The normalized spacial score (nSPS) is 11.8. The maximum Gasteiger partial charge on any atom is 0.265 e. The van der Waals surface area contributed by atoms with Crippen molar-refractivity contribution in [3.05, 3.63) is 76.5 Å². The van der Waals surface area contributed by atoms with Crippen molar-refractivity contribution >= 4 is 34.8 Å². The van der Waals surface area contributed by atoms with Crippen LogP contribution in [0, 0.1) is 0 Å². The molecule has 0 saturated carbocycles. The summed E-state index contributed by atoms with van der Waals surface area (Å²) >= 11 is 12.4. The molecule has 7 heteroatoms. The fourth-order valence-corrected chi connectivity index (χ4v) is 3.09. The van der Waals surface area contributed by atoms with E-state index >= 15 is 0 Å². The molecule has 1 heterocycles. The van der Waals surface area contributed by atoms with E-state index in [0.717, 1.165) is 5.56 Å². The second-order valence-corrected chi connectivity index (χ2v) is 6.76. The minimum absolute atomic E-state index is 0.225. The van der Waals surface area contributed by atoms with Crippen LogP contribution in [0.15, 0.2) is 60.9 Å². The van der Waals surface area contributed by atoms with Crippen LogP contribution in [0.5, 0.6) is 5.75 Å². The molecule has 0 spiro atoms. The molecule has 1 N–H and O–H groups in total. The maximum atomic E-state index is 12.5. The van der Waals surface area contributed by atoms with Crippen molar-refractivity contribution in [1.29, 1.82) is 0 Å². The van der Waals surface area contributed by atoms with E-state index in [1.165, 1.54) is 0 Å². The predicted octanol–water partition coefficient (Wildman–Crippen LogP) is 5.03. The summed E-state index contributed by atoms with van der Waals surface area (Å²) in [5.74, 6) is 0.431. The predicted molar refractivity (Wildman–Crippen MR) is 108 cm³/mol. The Morgan fingerprint density at radius 3 is 2.52 bits per heavy atom. The molecule has 0 saturated heterocycles. The third-order valence-electron chi connectivity index (χ3n) is 3.97. The van der Waals surface area contributed by atoms with E-state index in [1.54, 1.807) is 35.3 Å². The highest BCUT2D eigenvalue weighted by Gasteiger charge is 2.19. The second-order valence-electron chi connectivity index (χ2n) is 5.94. The molecule has 3 rings (SSSR count). The minimum Gasteiger partial charge on any atom is -0.481 e. The molecule has 1 unspecified atom stereocenters. The van der Waals surface area contributed by atoms with Gasteiger partial charge in [0.15, 0.2) is 6.10 Å². The van der Waals surface area contributed by atoms with Gasteiger partial charge in [-0.2, -0.15) is 5.10 Å². The summed E-state index contributed by atoms with van der Waals surface area (Å²) in [5, 5.41) is 8.24. The second kappa shape index (κ2) is 8.93. The monoisotopic (exact) mass is 403 g/mol. The van der Waals surface area contributed by atoms with Gasteiger partial charge in [-0.15, -0.1) is 0 Å². The number of benzene rings is 2. The molecule has 0 radical (unpaired) electrons. The number of amides is 1. The lowest BCUT2D eigenvalue weighted by Gasteiger charge is -2.16. The first-order chi connectivity index (χ1) is 13.1. The van der Waals surface area contributed by atoms with Gasteiger partial charge in [0.2, 0.25) is 0 Å². The average Bonchev–Trinajstić information content (AvgIpc) is 3.10. The van der Waals surface area contributed by atoms with Gasteiger partial charge < -0.3 is 10.1 Å². The molecule has 140 valence electrons. The van der Waals surface area contributed by atoms with Crippen LogP contribution in [0.3, 0.4) is 0 Å². The van der Waals surface area contributed by atoms with Crippen molar-refractivity contribution in [2.75, 3.05) is 5.32 Å². The molecule has 1 aromatic heterocycles. The Morgan fingerprint density at radius 1 is 1.15 bits per heavy atom. The summed E-state index contributed by atoms with van der Waals surface area (Å²) in [6.45, 7) is 2.31. The Hall–Kier alpha value is -2.50. The highest BCUT2D eigenvalue weighted by molar-refractivity contribution is 6.35. The molecule has 0 fully saturated rings. The topological polar surface area (TPSA) is 56.1 Å². The molecule has 3 aromatic rings. The first-order valence-corrected chi connectivity index (χ1v) is 9.30. The molecule has 0 bridgehead atoms. The van der Waals surface area contributed by atoms with E-state index < -0.39 is 6.10 Å². The van der Waals surface area contributed by atoms with Gasteiger partial charge in [0, 0.05) is 21.8 Å². The van der Waals surface area contributed by atoms with Crippen LogP contribution in [0.2, 0.25) is 10.0 Å². The number of halogens is 2. The van der Waals surface area contributed by atoms with Gasteiger partial charge >= 0.3 is 0 Å². The van der Waals surface area contributed by atoms with Crippen molar-refractivity contribution in [3.8, 4) is 5.75 Å². The number of ether oxygens (including phenoxy) is 1. The van der Waals surface area contributed by atoms with Crippen LogP contribution < -0.4 is 10.1 Å². The van der Waals surface area contributed by atoms with Gasteiger partial charge in [-0.05, 0) is 30.7 Å². The van der Waals surface area contributed by atoms with E-state index in [-0.39, 0.29) is 5.91 Å². The summed E-state index contributed by atoms with van der Waals surface area (Å²) in [6, 6.07) is 14.6. The van der Waals surface area contributed by atoms with Crippen LogP contribution >= 0.6 is 23.2 Å². The Bertz CT molecular complexity index is 892. The van der Waals surface area contributed by atoms with Gasteiger partial charge in [0.05, 0.1) is 18.4 Å². The van der Waals surface area contributed by atoms with E-state index in [1.807, 2.05) is 37.3 Å². The van der Waals surface area contributed by atoms with Gasteiger partial charge in [-0.3, -0.25) is 9.48 Å². The molecule has 1 amide bonds. The Balaban J connectivity index is 1.65. The van der Waals surface area contributed by atoms with E-state index in [4.69, 9.17) is 27.9 Å². The van der Waals surface area contributed by atoms with Crippen LogP contribution in [0.1, 0.15) is 18.9 Å². The minimum atomic E-state index is -0.589. The molecule has 5 nitrogen and oxygen atoms in total. The highest BCUT2D eigenvalue weighted by atomic mass is 35.5. The third kappa shape index (κ3) is 5.02. The first kappa shape index (κ1) is 19.3. The first-order valence-electron chi connectivity index (χ1n) is 8.54. The molecule has 27 heavy (non-hydrogen) atoms. The number of nitrogens with one attached hydrogen (secondary N) is 1. The fourth-order valence-electron chi connectivity index (χ4n) is 2.57. The van der Waals surface area contributed by atoms with Crippen LogP contribution in [-0.2, 0) is 11.3 Å². The standard InChI is InChI=1S/C20H19Cl2N3O2/c1-2-19(27-15-7-4-3-5-8-15)20(26)24-14-11-23-25(12-14)13-16-17(21)9-6-10-18(16)22/h3-12,19H,2,13H2,1H3,(H,24,26). The van der Waals surface area contributed by atoms with Crippen molar-refractivity contribution < 1.29 is 9.53 Å². The summed E-state index contributed by atoms with van der Waals surface area (Å²) in [6.07, 6.45) is 3.27. The smallest absolute Gasteiger partial charge is 0.265 e. The molecule has 0 aliphatic heterocycles. The van der Waals surface area contributed by atoms with Crippen LogP contribution in [0.25, 0.3) is 0 Å². The number of rotatable bonds is 7. The van der Waals surface area contributed by atoms with Gasteiger partial charge in [0.25, 0.3) is 5.91 Å². The average molecular weight is 404 g/mol. The molecule has 1 atom stereocenters. The molecular weight excluding hydrogens is 385 g/mol. The SMILES string of the molecule is CCC(Oc1ccccc1)C(=O)Nc1cnn(Cc2c(Cl)cccc2Cl)c1. The Kier molecular flexibility index (Phi) is 6.37.